The summed E-state index contributed by atoms with van der Waals surface area (Å²) in [5.41, 5.74) is 0.334. The number of imide groups is 1. The molecule has 0 radical (unpaired) electrons. The van der Waals surface area contributed by atoms with Gasteiger partial charge < -0.3 is 0 Å². The zero-order chi connectivity index (χ0) is 11.7. The first-order valence-electron chi connectivity index (χ1n) is 4.78. The van der Waals surface area contributed by atoms with Crippen LogP contribution in [0.3, 0.4) is 0 Å². The zero-order valence-corrected chi connectivity index (χ0v) is 11.0. The minimum atomic E-state index is -0.446. The highest BCUT2D eigenvalue weighted by Crippen LogP contribution is 2.21. The van der Waals surface area contributed by atoms with Crippen LogP contribution in [0.4, 0.5) is 4.79 Å². The smallest absolute Gasteiger partial charge is 0.267 e. The third kappa shape index (κ3) is 2.08. The molecule has 0 N–H and O–H groups in total. The second-order valence-corrected chi connectivity index (χ2v) is 5.21. The fourth-order valence-electron chi connectivity index (χ4n) is 1.47. The molecule has 6 heteroatoms. The highest BCUT2D eigenvalue weighted by Gasteiger charge is 2.31. The minimum absolute atomic E-state index is 0.267. The molecule has 0 bridgehead atoms. The van der Waals surface area contributed by atoms with E-state index in [4.69, 9.17) is 0 Å². The van der Waals surface area contributed by atoms with Crippen LogP contribution in [-0.4, -0.2) is 29.1 Å². The first-order valence-corrected chi connectivity index (χ1v) is 6.45. The Hall–Kier alpha value is -1.01. The Bertz CT molecular complexity index is 481. The van der Waals surface area contributed by atoms with Crippen molar-refractivity contribution >= 4 is 44.9 Å². The van der Waals surface area contributed by atoms with E-state index in [0.717, 1.165) is 14.2 Å². The Balaban J connectivity index is 2.15. The van der Waals surface area contributed by atoms with Crippen LogP contribution in [0.2, 0.25) is 0 Å². The van der Waals surface area contributed by atoms with Gasteiger partial charge in [-0.1, -0.05) is 0 Å². The van der Waals surface area contributed by atoms with Crippen molar-refractivity contribution in [3.63, 3.8) is 0 Å². The maximum atomic E-state index is 11.7. The lowest BCUT2D eigenvalue weighted by molar-refractivity contribution is -0.120. The maximum Gasteiger partial charge on any atom is 0.350 e. The van der Waals surface area contributed by atoms with Gasteiger partial charge in [0.15, 0.2) is 0 Å². The summed E-state index contributed by atoms with van der Waals surface area (Å²) >= 11 is 4.88. The van der Waals surface area contributed by atoms with Crippen molar-refractivity contribution in [1.82, 2.24) is 4.90 Å². The summed E-state index contributed by atoms with van der Waals surface area (Å²) in [5.74, 6) is -0.267. The van der Waals surface area contributed by atoms with E-state index < -0.39 is 6.03 Å². The predicted molar refractivity (Wildman–Crippen MR) is 65.9 cm³/mol. The van der Waals surface area contributed by atoms with Crippen molar-refractivity contribution < 1.29 is 9.59 Å². The van der Waals surface area contributed by atoms with Gasteiger partial charge in [-0.25, -0.2) is 4.79 Å². The third-order valence-electron chi connectivity index (χ3n) is 2.23. The van der Waals surface area contributed by atoms with E-state index >= 15 is 0 Å². The minimum Gasteiger partial charge on any atom is -0.267 e. The van der Waals surface area contributed by atoms with E-state index in [0.29, 0.717) is 18.7 Å². The number of halogens is 1. The van der Waals surface area contributed by atoms with Gasteiger partial charge in [-0.05, 0) is 28.9 Å². The molecule has 1 aromatic heterocycles. The summed E-state index contributed by atoms with van der Waals surface area (Å²) in [4.78, 5) is 29.0. The average Bonchev–Trinajstić information content (AvgIpc) is 2.74. The number of amides is 3. The van der Waals surface area contributed by atoms with Crippen LogP contribution in [-0.2, 0) is 11.2 Å². The molecule has 1 aliphatic rings. The molecule has 0 atom stereocenters. The van der Waals surface area contributed by atoms with Crippen LogP contribution in [0, 0.1) is 0 Å². The number of hydrogen-bond acceptors (Lipinski definition) is 3. The molecule has 84 valence electrons. The fraction of sp³-hybridized carbons (Fsp3) is 0.300. The first kappa shape index (κ1) is 11.5. The molecule has 0 aliphatic carbocycles. The molecule has 0 unspecified atom stereocenters. The van der Waals surface area contributed by atoms with E-state index in [2.05, 4.69) is 20.9 Å². The molecule has 2 rings (SSSR count). The van der Waals surface area contributed by atoms with Gasteiger partial charge >= 0.3 is 6.03 Å². The summed E-state index contributed by atoms with van der Waals surface area (Å²) in [6, 6.07) is 1.48. The fourth-order valence-corrected chi connectivity index (χ4v) is 2.93. The molecule has 0 saturated carbocycles. The highest BCUT2D eigenvalue weighted by atomic mass is 79.9. The molecular weight excluding hydrogens is 292 g/mol. The third-order valence-corrected chi connectivity index (χ3v) is 3.93. The molecule has 0 fully saturated rings. The van der Waals surface area contributed by atoms with Crippen LogP contribution in [0.15, 0.2) is 20.9 Å². The zero-order valence-electron chi connectivity index (χ0n) is 8.57. The number of hydrogen-bond donors (Lipinski definition) is 0. The van der Waals surface area contributed by atoms with Crippen LogP contribution < -0.4 is 0 Å². The number of rotatable bonds is 3. The molecular formula is C10H9BrN2O2S. The first-order chi connectivity index (χ1) is 7.61. The van der Waals surface area contributed by atoms with Gasteiger partial charge in [0.25, 0.3) is 5.91 Å². The molecule has 1 aromatic rings. The van der Waals surface area contributed by atoms with Gasteiger partial charge in [0.2, 0.25) is 0 Å². The lowest BCUT2D eigenvalue weighted by Gasteiger charge is -2.08. The Kier molecular flexibility index (Phi) is 3.20. The van der Waals surface area contributed by atoms with Crippen molar-refractivity contribution in [2.75, 3.05) is 6.54 Å². The lowest BCUT2D eigenvalue weighted by Crippen LogP contribution is -2.32. The van der Waals surface area contributed by atoms with Crippen LogP contribution >= 0.6 is 27.3 Å². The average molecular weight is 301 g/mol. The number of carbonyl (C=O) groups is 2. The molecule has 3 amide bonds. The van der Waals surface area contributed by atoms with Gasteiger partial charge in [0, 0.05) is 27.7 Å². The quantitative estimate of drug-likeness (QED) is 0.861. The standard InChI is InChI=1S/C10H9BrN2O2S/c1-2-13-9(14)8(12-10(13)15)4-7-3-6(11)5-16-7/h3,5H,2,4H2,1H3. The Labute approximate surface area is 105 Å². The number of aliphatic imine (C=N–C) groups is 1. The molecule has 2 heterocycles. The summed E-state index contributed by atoms with van der Waals surface area (Å²) in [5, 5.41) is 1.94. The normalized spacial score (nSPS) is 15.9. The second-order valence-electron chi connectivity index (χ2n) is 3.30. The summed E-state index contributed by atoms with van der Waals surface area (Å²) in [7, 11) is 0. The van der Waals surface area contributed by atoms with Gasteiger partial charge in [-0.3, -0.25) is 9.69 Å². The Morgan fingerprint density at radius 3 is 2.75 bits per heavy atom. The van der Waals surface area contributed by atoms with Crippen molar-refractivity contribution in [2.45, 2.75) is 13.3 Å². The monoisotopic (exact) mass is 300 g/mol. The van der Waals surface area contributed by atoms with Crippen LogP contribution in [0.1, 0.15) is 11.8 Å². The van der Waals surface area contributed by atoms with Crippen LogP contribution in [0.5, 0.6) is 0 Å². The largest absolute Gasteiger partial charge is 0.350 e. The molecule has 0 spiro atoms. The molecule has 16 heavy (non-hydrogen) atoms. The van der Waals surface area contributed by atoms with E-state index in [1.165, 1.54) is 11.3 Å². The molecule has 0 saturated heterocycles. The van der Waals surface area contributed by atoms with Gasteiger partial charge in [0.05, 0.1) is 0 Å². The van der Waals surface area contributed by atoms with Gasteiger partial charge in [-0.15, -0.1) is 11.3 Å². The van der Waals surface area contributed by atoms with Crippen LogP contribution in [0.25, 0.3) is 0 Å². The van der Waals surface area contributed by atoms with E-state index in [-0.39, 0.29) is 5.91 Å². The molecule has 1 aliphatic heterocycles. The topological polar surface area (TPSA) is 49.7 Å². The van der Waals surface area contributed by atoms with Gasteiger partial charge in [-0.2, -0.15) is 4.99 Å². The highest BCUT2D eigenvalue weighted by molar-refractivity contribution is 9.10. The number of urea groups is 1. The maximum absolute atomic E-state index is 11.7. The molecule has 4 nitrogen and oxygen atoms in total. The number of carbonyl (C=O) groups excluding carboxylic acids is 2. The predicted octanol–water partition coefficient (Wildman–Crippen LogP) is 2.48. The van der Waals surface area contributed by atoms with E-state index in [1.807, 2.05) is 11.4 Å². The van der Waals surface area contributed by atoms with E-state index in [9.17, 15) is 9.59 Å². The SMILES string of the molecule is CCN1C(=O)N=C(Cc2cc(Br)cs2)C1=O. The lowest BCUT2D eigenvalue weighted by atomic mass is 10.2. The van der Waals surface area contributed by atoms with Crippen molar-refractivity contribution in [1.29, 1.82) is 0 Å². The van der Waals surface area contributed by atoms with Gasteiger partial charge in [0.1, 0.15) is 5.71 Å². The Morgan fingerprint density at radius 1 is 1.50 bits per heavy atom. The summed E-state index contributed by atoms with van der Waals surface area (Å²) < 4.78 is 0.984. The van der Waals surface area contributed by atoms with Crippen molar-refractivity contribution in [3.8, 4) is 0 Å². The summed E-state index contributed by atoms with van der Waals surface area (Å²) in [6.07, 6.45) is 0.428. The van der Waals surface area contributed by atoms with E-state index in [1.54, 1.807) is 6.92 Å². The van der Waals surface area contributed by atoms with Crippen molar-refractivity contribution in [2.24, 2.45) is 4.99 Å². The van der Waals surface area contributed by atoms with Crippen molar-refractivity contribution in [3.05, 3.63) is 20.8 Å². The molecule has 0 aromatic carbocycles. The number of thiophene rings is 1. The number of nitrogens with zero attached hydrogens (tertiary/aromatic N) is 2. The summed E-state index contributed by atoms with van der Waals surface area (Å²) in [6.45, 7) is 2.13. The second kappa shape index (κ2) is 4.47. The Morgan fingerprint density at radius 2 is 2.25 bits per heavy atom.